The first-order chi connectivity index (χ1) is 13.6. The number of aliphatic carboxylic acids is 1. The van der Waals surface area contributed by atoms with Crippen molar-refractivity contribution in [3.05, 3.63) is 23.8 Å². The van der Waals surface area contributed by atoms with Gasteiger partial charge in [-0.15, -0.1) is 0 Å². The first kappa shape index (κ1) is 20.7. The highest BCUT2D eigenvalue weighted by Gasteiger charge is 2.68. The van der Waals surface area contributed by atoms with Crippen molar-refractivity contribution < 1.29 is 19.4 Å². The number of carbonyl (C=O) groups excluding carboxylic acids is 1. The Morgan fingerprint density at radius 2 is 1.86 bits per heavy atom. The number of carboxylic acid groups (broad SMARTS) is 1. The molecule has 0 aliphatic heterocycles. The number of carboxylic acids is 1. The van der Waals surface area contributed by atoms with E-state index in [1.165, 1.54) is 0 Å². The number of esters is 1. The maximum absolute atomic E-state index is 12.7. The Bertz CT molecular complexity index is 782. The first-order valence-electron chi connectivity index (χ1n) is 11.4. The molecule has 160 valence electrons. The fourth-order valence-corrected chi connectivity index (χ4v) is 8.10. The van der Waals surface area contributed by atoms with E-state index in [0.29, 0.717) is 17.4 Å². The van der Waals surface area contributed by atoms with Crippen LogP contribution in [0.1, 0.15) is 79.1 Å². The fourth-order valence-electron chi connectivity index (χ4n) is 8.10. The summed E-state index contributed by atoms with van der Waals surface area (Å²) in [7, 11) is 0. The van der Waals surface area contributed by atoms with Crippen molar-refractivity contribution in [1.29, 1.82) is 0 Å². The van der Waals surface area contributed by atoms with Crippen molar-refractivity contribution in [2.45, 2.75) is 85.2 Å². The molecule has 4 saturated carbocycles. The monoisotopic (exact) mass is 400 g/mol. The van der Waals surface area contributed by atoms with Gasteiger partial charge in [0.1, 0.15) is 6.10 Å². The minimum absolute atomic E-state index is 0.0144. The van der Waals surface area contributed by atoms with E-state index in [2.05, 4.69) is 13.5 Å². The summed E-state index contributed by atoms with van der Waals surface area (Å²) in [6.07, 6.45) is 9.50. The van der Waals surface area contributed by atoms with E-state index in [1.807, 2.05) is 13.8 Å². The van der Waals surface area contributed by atoms with Crippen LogP contribution in [0.25, 0.3) is 0 Å². The zero-order valence-corrected chi connectivity index (χ0v) is 18.4. The van der Waals surface area contributed by atoms with Crippen molar-refractivity contribution in [2.75, 3.05) is 0 Å². The summed E-state index contributed by atoms with van der Waals surface area (Å²) in [5.41, 5.74) is 1.02. The zero-order chi connectivity index (χ0) is 21.2. The van der Waals surface area contributed by atoms with Gasteiger partial charge in [0.15, 0.2) is 0 Å². The molecule has 2 bridgehead atoms. The summed E-state index contributed by atoms with van der Waals surface area (Å²) >= 11 is 0. The average molecular weight is 401 g/mol. The number of ether oxygens (including phenoxy) is 1. The molecule has 4 aliphatic carbocycles. The van der Waals surface area contributed by atoms with Crippen molar-refractivity contribution in [3.8, 4) is 0 Å². The van der Waals surface area contributed by atoms with Gasteiger partial charge >= 0.3 is 11.9 Å². The summed E-state index contributed by atoms with van der Waals surface area (Å²) < 4.78 is 6.15. The number of hydrogen-bond acceptors (Lipinski definition) is 3. The molecule has 7 atom stereocenters. The van der Waals surface area contributed by atoms with Crippen LogP contribution in [0, 0.1) is 34.0 Å². The molecule has 1 N–H and O–H groups in total. The Labute approximate surface area is 174 Å². The van der Waals surface area contributed by atoms with Gasteiger partial charge in [-0.1, -0.05) is 26.0 Å². The minimum Gasteiger partial charge on any atom is -0.481 e. The van der Waals surface area contributed by atoms with E-state index in [1.54, 1.807) is 13.0 Å². The number of fused-ring (bicyclic) bond motifs is 3. The predicted molar refractivity (Wildman–Crippen MR) is 112 cm³/mol. The maximum atomic E-state index is 12.7. The van der Waals surface area contributed by atoms with Crippen LogP contribution in [0.2, 0.25) is 0 Å². The molecule has 4 nitrogen and oxygen atoms in total. The third-order valence-electron chi connectivity index (χ3n) is 9.65. The molecule has 0 aromatic rings. The van der Waals surface area contributed by atoms with E-state index >= 15 is 0 Å². The molecule has 4 fully saturated rings. The summed E-state index contributed by atoms with van der Waals surface area (Å²) in [5, 5.41) is 10.1. The highest BCUT2D eigenvalue weighted by atomic mass is 16.5. The smallest absolute Gasteiger partial charge is 0.333 e. The lowest BCUT2D eigenvalue weighted by Gasteiger charge is -2.63. The van der Waals surface area contributed by atoms with E-state index < -0.39 is 11.4 Å². The standard InChI is InChI=1S/C25H36O4/c1-6-15(2)21(26)29-20-16(3)17-8-9-19-23(4)11-7-12-24(5,22(27)28)18(23)10-13-25(19,20)14-17/h6,17-20H,3,7-14H2,1-2,4-5H3,(H,27,28)/b15-6-/t17-,18+,19-,20+,23-,24-,25-/m1/s1. The quantitative estimate of drug-likeness (QED) is 0.384. The van der Waals surface area contributed by atoms with Gasteiger partial charge < -0.3 is 9.84 Å². The zero-order valence-electron chi connectivity index (χ0n) is 18.4. The van der Waals surface area contributed by atoms with Crippen molar-refractivity contribution >= 4 is 11.9 Å². The molecule has 0 unspecified atom stereocenters. The van der Waals surface area contributed by atoms with Crippen LogP contribution in [0.3, 0.4) is 0 Å². The van der Waals surface area contributed by atoms with Crippen LogP contribution in [0.5, 0.6) is 0 Å². The molecule has 4 heteroatoms. The Morgan fingerprint density at radius 1 is 1.14 bits per heavy atom. The van der Waals surface area contributed by atoms with E-state index in [0.717, 1.165) is 56.9 Å². The van der Waals surface area contributed by atoms with Gasteiger partial charge in [-0.05, 0) is 94.5 Å². The lowest BCUT2D eigenvalue weighted by atomic mass is 9.40. The molecule has 0 heterocycles. The molecule has 4 aliphatic rings. The molecular weight excluding hydrogens is 364 g/mol. The molecule has 1 spiro atoms. The Hall–Kier alpha value is -1.58. The van der Waals surface area contributed by atoms with Crippen LogP contribution >= 0.6 is 0 Å². The Morgan fingerprint density at radius 3 is 2.52 bits per heavy atom. The van der Waals surface area contributed by atoms with Crippen molar-refractivity contribution in [1.82, 2.24) is 0 Å². The highest BCUT2D eigenvalue weighted by Crippen LogP contribution is 2.72. The van der Waals surface area contributed by atoms with Crippen molar-refractivity contribution in [2.24, 2.45) is 34.0 Å². The number of rotatable bonds is 3. The van der Waals surface area contributed by atoms with Crippen molar-refractivity contribution in [3.63, 3.8) is 0 Å². The summed E-state index contributed by atoms with van der Waals surface area (Å²) in [6, 6.07) is 0. The van der Waals surface area contributed by atoms with Gasteiger partial charge in [-0.3, -0.25) is 4.79 Å². The van der Waals surface area contributed by atoms with Crippen LogP contribution in [-0.4, -0.2) is 23.1 Å². The molecule has 0 aromatic heterocycles. The molecule has 0 saturated heterocycles. The average Bonchev–Trinajstić information content (AvgIpc) is 2.87. The third kappa shape index (κ3) is 2.70. The van der Waals surface area contributed by atoms with E-state index in [9.17, 15) is 14.7 Å². The molecule has 0 amide bonds. The summed E-state index contributed by atoms with van der Waals surface area (Å²) in [6.45, 7) is 12.4. The largest absolute Gasteiger partial charge is 0.481 e. The molecule has 29 heavy (non-hydrogen) atoms. The first-order valence-corrected chi connectivity index (χ1v) is 11.4. The Kier molecular flexibility index (Phi) is 4.79. The second-order valence-corrected chi connectivity index (χ2v) is 10.8. The van der Waals surface area contributed by atoms with Crippen LogP contribution in [0.15, 0.2) is 23.8 Å². The van der Waals surface area contributed by atoms with Gasteiger partial charge in [-0.2, -0.15) is 0 Å². The van der Waals surface area contributed by atoms with Crippen LogP contribution in [-0.2, 0) is 14.3 Å². The van der Waals surface area contributed by atoms with E-state index in [-0.39, 0.29) is 28.8 Å². The summed E-state index contributed by atoms with van der Waals surface area (Å²) in [4.78, 5) is 25.0. The van der Waals surface area contributed by atoms with Crippen LogP contribution < -0.4 is 0 Å². The van der Waals surface area contributed by atoms with Gasteiger partial charge in [-0.25, -0.2) is 4.79 Å². The normalized spacial score (nSPS) is 46.6. The second-order valence-electron chi connectivity index (χ2n) is 10.8. The molecule has 4 rings (SSSR count). The molecular formula is C25H36O4. The van der Waals surface area contributed by atoms with Gasteiger partial charge in [0.2, 0.25) is 0 Å². The molecule has 0 aromatic carbocycles. The maximum Gasteiger partial charge on any atom is 0.333 e. The topological polar surface area (TPSA) is 63.6 Å². The lowest BCUT2D eigenvalue weighted by molar-refractivity contribution is -0.195. The summed E-state index contributed by atoms with van der Waals surface area (Å²) in [5.74, 6) is 0.151. The number of allylic oxidation sites excluding steroid dienone is 1. The third-order valence-corrected chi connectivity index (χ3v) is 9.65. The van der Waals surface area contributed by atoms with Crippen LogP contribution in [0.4, 0.5) is 0 Å². The predicted octanol–water partition coefficient (Wildman–Crippen LogP) is 5.53. The van der Waals surface area contributed by atoms with Gasteiger partial charge in [0, 0.05) is 11.0 Å². The Balaban J connectivity index is 1.73. The van der Waals surface area contributed by atoms with Gasteiger partial charge in [0.25, 0.3) is 0 Å². The second kappa shape index (κ2) is 6.72. The van der Waals surface area contributed by atoms with E-state index in [4.69, 9.17) is 4.74 Å². The minimum atomic E-state index is -0.644. The SMILES string of the molecule is C=C1[C@@H]2CC[C@@H]3[C@]4(C)CCC[C@@](C)(C(=O)O)[C@H]4CC[C@]3(C2)[C@H]1OC(=O)/C(C)=C\C. The number of hydrogen-bond donors (Lipinski definition) is 1. The number of carbonyl (C=O) groups is 2. The lowest BCUT2D eigenvalue weighted by Crippen LogP contribution is -2.60. The molecule has 0 radical (unpaired) electrons. The van der Waals surface area contributed by atoms with Gasteiger partial charge in [0.05, 0.1) is 5.41 Å². The highest BCUT2D eigenvalue weighted by molar-refractivity contribution is 5.88. The fraction of sp³-hybridized carbons (Fsp3) is 0.760.